The summed E-state index contributed by atoms with van der Waals surface area (Å²) in [4.78, 5) is 0. The normalized spacial score (nSPS) is 10.0. The molecule has 0 fully saturated rings. The monoisotopic (exact) mass is 187 g/mol. The summed E-state index contributed by atoms with van der Waals surface area (Å²) in [6.45, 7) is 3.42. The molecule has 0 radical (unpaired) electrons. The number of ether oxygens (including phenoxy) is 1. The second kappa shape index (κ2) is 3.76. The van der Waals surface area contributed by atoms with Gasteiger partial charge in [0.05, 0.1) is 6.20 Å². The van der Waals surface area contributed by atoms with Crippen molar-refractivity contribution >= 4 is 0 Å². The molecule has 4 heteroatoms. The molecule has 1 heterocycles. The highest BCUT2D eigenvalue weighted by Gasteiger charge is 2.18. The number of hydrogen-bond acceptors (Lipinski definition) is 4. The van der Waals surface area contributed by atoms with Crippen LogP contribution in [-0.2, 0) is 0 Å². The Morgan fingerprint density at radius 1 is 1.57 bits per heavy atom. The average Bonchev–Trinajstić information content (AvgIpc) is 2.18. The van der Waals surface area contributed by atoms with Gasteiger partial charge in [-0.2, -0.15) is 10.4 Å². The van der Waals surface area contributed by atoms with Gasteiger partial charge < -0.3 is 4.74 Å². The smallest absolute Gasteiger partial charge is 0.253 e. The van der Waals surface area contributed by atoms with Gasteiger partial charge in [-0.25, -0.2) is 0 Å². The molecule has 0 amide bonds. The summed E-state index contributed by atoms with van der Waals surface area (Å²) in [5.41, 5.74) is -0.468. The summed E-state index contributed by atoms with van der Waals surface area (Å²) in [6.07, 6.45) is 6.66. The summed E-state index contributed by atoms with van der Waals surface area (Å²) in [6, 6.07) is 3.47. The van der Waals surface area contributed by atoms with E-state index in [2.05, 4.69) is 16.1 Å². The van der Waals surface area contributed by atoms with Crippen molar-refractivity contribution < 1.29 is 4.74 Å². The summed E-state index contributed by atoms with van der Waals surface area (Å²) < 4.78 is 5.34. The zero-order valence-corrected chi connectivity index (χ0v) is 7.98. The van der Waals surface area contributed by atoms with Gasteiger partial charge >= 0.3 is 0 Å². The van der Waals surface area contributed by atoms with Crippen LogP contribution in [-0.4, -0.2) is 15.8 Å². The average molecular weight is 187 g/mol. The lowest BCUT2D eigenvalue weighted by Gasteiger charge is -2.18. The van der Waals surface area contributed by atoms with Crippen LogP contribution in [0.1, 0.15) is 19.4 Å². The van der Waals surface area contributed by atoms with E-state index in [1.807, 2.05) is 6.07 Å². The van der Waals surface area contributed by atoms with Crippen molar-refractivity contribution in [3.8, 4) is 24.3 Å². The standard InChI is InChI=1S/C10H9N3O/c1-4-10(2,3)14-9-8(7-11)5-6-12-13-9/h1,5-6H,2-3H3. The van der Waals surface area contributed by atoms with E-state index in [1.165, 1.54) is 12.3 Å². The zero-order valence-electron chi connectivity index (χ0n) is 7.98. The lowest BCUT2D eigenvalue weighted by molar-refractivity contribution is 0.162. The minimum atomic E-state index is -0.790. The van der Waals surface area contributed by atoms with Crippen molar-refractivity contribution in [1.82, 2.24) is 10.2 Å². The molecule has 0 atom stereocenters. The predicted molar refractivity (Wildman–Crippen MR) is 50.3 cm³/mol. The topological polar surface area (TPSA) is 58.8 Å². The maximum absolute atomic E-state index is 8.74. The number of hydrogen-bond donors (Lipinski definition) is 0. The quantitative estimate of drug-likeness (QED) is 0.651. The molecule has 14 heavy (non-hydrogen) atoms. The number of aromatic nitrogens is 2. The van der Waals surface area contributed by atoms with Gasteiger partial charge in [-0.15, -0.1) is 11.5 Å². The van der Waals surface area contributed by atoms with Gasteiger partial charge in [0.25, 0.3) is 5.88 Å². The Labute approximate surface area is 82.5 Å². The van der Waals surface area contributed by atoms with Crippen LogP contribution in [0.2, 0.25) is 0 Å². The van der Waals surface area contributed by atoms with Crippen LogP contribution in [0.3, 0.4) is 0 Å². The second-order valence-electron chi connectivity index (χ2n) is 3.12. The van der Waals surface area contributed by atoms with E-state index in [0.717, 1.165) is 0 Å². The van der Waals surface area contributed by atoms with Crippen molar-refractivity contribution in [2.24, 2.45) is 0 Å². The van der Waals surface area contributed by atoms with Crippen molar-refractivity contribution in [2.45, 2.75) is 19.4 Å². The van der Waals surface area contributed by atoms with Crippen LogP contribution < -0.4 is 4.74 Å². The fourth-order valence-electron chi connectivity index (χ4n) is 0.750. The summed E-state index contributed by atoms with van der Waals surface area (Å²) in [5, 5.41) is 16.0. The predicted octanol–water partition coefficient (Wildman–Crippen LogP) is 1.14. The van der Waals surface area contributed by atoms with Gasteiger partial charge in [-0.1, -0.05) is 5.92 Å². The van der Waals surface area contributed by atoms with Gasteiger partial charge in [0.2, 0.25) is 0 Å². The molecular formula is C10H9N3O. The third kappa shape index (κ3) is 2.21. The Balaban J connectivity index is 3.00. The maximum atomic E-state index is 8.74. The van der Waals surface area contributed by atoms with Crippen molar-refractivity contribution in [1.29, 1.82) is 5.26 Å². The molecule has 0 aliphatic carbocycles. The van der Waals surface area contributed by atoms with Gasteiger partial charge in [0.15, 0.2) is 5.60 Å². The molecule has 0 bridgehead atoms. The van der Waals surface area contributed by atoms with E-state index >= 15 is 0 Å². The highest BCUT2D eigenvalue weighted by molar-refractivity contribution is 5.36. The van der Waals surface area contributed by atoms with Gasteiger partial charge in [0.1, 0.15) is 11.6 Å². The Kier molecular flexibility index (Phi) is 2.69. The van der Waals surface area contributed by atoms with Crippen LogP contribution in [0.15, 0.2) is 12.3 Å². The Bertz CT molecular complexity index is 412. The fourth-order valence-corrected chi connectivity index (χ4v) is 0.750. The van der Waals surface area contributed by atoms with Crippen LogP contribution in [0.4, 0.5) is 0 Å². The first-order chi connectivity index (χ1) is 6.59. The lowest BCUT2D eigenvalue weighted by atomic mass is 10.1. The summed E-state index contributed by atoms with van der Waals surface area (Å²) in [7, 11) is 0. The van der Waals surface area contributed by atoms with Crippen molar-refractivity contribution in [3.05, 3.63) is 17.8 Å². The summed E-state index contributed by atoms with van der Waals surface area (Å²) >= 11 is 0. The van der Waals surface area contributed by atoms with E-state index in [-0.39, 0.29) is 5.88 Å². The number of nitriles is 1. The maximum Gasteiger partial charge on any atom is 0.253 e. The Hall–Kier alpha value is -2.07. The molecule has 0 N–H and O–H groups in total. The fraction of sp³-hybridized carbons (Fsp3) is 0.300. The van der Waals surface area contributed by atoms with E-state index in [4.69, 9.17) is 16.4 Å². The van der Waals surface area contributed by atoms with Crippen molar-refractivity contribution in [2.75, 3.05) is 0 Å². The van der Waals surface area contributed by atoms with Crippen LogP contribution in [0.25, 0.3) is 0 Å². The van der Waals surface area contributed by atoms with Crippen LogP contribution in [0.5, 0.6) is 5.88 Å². The molecule has 0 aromatic carbocycles. The molecular weight excluding hydrogens is 178 g/mol. The largest absolute Gasteiger partial charge is 0.456 e. The molecule has 70 valence electrons. The van der Waals surface area contributed by atoms with Crippen molar-refractivity contribution in [3.63, 3.8) is 0 Å². The minimum absolute atomic E-state index is 0.165. The molecule has 4 nitrogen and oxygen atoms in total. The first-order valence-electron chi connectivity index (χ1n) is 3.97. The van der Waals surface area contributed by atoms with Gasteiger partial charge in [-0.05, 0) is 19.9 Å². The first kappa shape index (κ1) is 10.0. The molecule has 0 aliphatic rings. The first-order valence-corrected chi connectivity index (χ1v) is 3.97. The molecule has 1 rings (SSSR count). The van der Waals surface area contributed by atoms with E-state index in [0.29, 0.717) is 5.56 Å². The third-order valence-corrected chi connectivity index (χ3v) is 1.51. The SMILES string of the molecule is C#CC(C)(C)Oc1nnccc1C#N. The Morgan fingerprint density at radius 3 is 2.86 bits per heavy atom. The molecule has 0 aliphatic heterocycles. The molecule has 1 aromatic heterocycles. The van der Waals surface area contributed by atoms with Gasteiger partial charge in [0, 0.05) is 0 Å². The zero-order chi connectivity index (χ0) is 10.6. The number of nitrogens with zero attached hydrogens (tertiary/aromatic N) is 3. The summed E-state index contributed by atoms with van der Waals surface area (Å²) in [5.74, 6) is 2.61. The second-order valence-corrected chi connectivity index (χ2v) is 3.12. The molecule has 0 spiro atoms. The van der Waals surface area contributed by atoms with Crippen LogP contribution in [0, 0.1) is 23.7 Å². The molecule has 0 unspecified atom stereocenters. The van der Waals surface area contributed by atoms with E-state index in [9.17, 15) is 0 Å². The number of terminal acetylenes is 1. The number of rotatable bonds is 2. The van der Waals surface area contributed by atoms with Crippen LogP contribution >= 0.6 is 0 Å². The highest BCUT2D eigenvalue weighted by Crippen LogP contribution is 2.17. The van der Waals surface area contributed by atoms with E-state index in [1.54, 1.807) is 13.8 Å². The van der Waals surface area contributed by atoms with Gasteiger partial charge in [-0.3, -0.25) is 0 Å². The lowest BCUT2D eigenvalue weighted by Crippen LogP contribution is -2.26. The van der Waals surface area contributed by atoms with E-state index < -0.39 is 5.60 Å². The molecule has 0 saturated heterocycles. The minimum Gasteiger partial charge on any atom is -0.456 e. The Morgan fingerprint density at radius 2 is 2.29 bits per heavy atom. The molecule has 0 saturated carbocycles. The highest BCUT2D eigenvalue weighted by atomic mass is 16.5. The molecule has 1 aromatic rings. The third-order valence-electron chi connectivity index (χ3n) is 1.51.